The van der Waals surface area contributed by atoms with E-state index in [4.69, 9.17) is 16.0 Å². The highest BCUT2D eigenvalue weighted by Crippen LogP contribution is 2.37. The van der Waals surface area contributed by atoms with Crippen LogP contribution in [-0.4, -0.2) is 33.7 Å². The van der Waals surface area contributed by atoms with Gasteiger partial charge in [-0.05, 0) is 24.2 Å². The zero-order valence-corrected chi connectivity index (χ0v) is 16.8. The van der Waals surface area contributed by atoms with Crippen LogP contribution in [0.25, 0.3) is 0 Å². The first kappa shape index (κ1) is 19.9. The highest BCUT2D eigenvalue weighted by molar-refractivity contribution is 6.83. The smallest absolute Gasteiger partial charge is 0.193 e. The van der Waals surface area contributed by atoms with Crippen molar-refractivity contribution in [2.75, 3.05) is 0 Å². The molecule has 0 aromatic heterocycles. The van der Waals surface area contributed by atoms with Gasteiger partial charge >= 0.3 is 0 Å². The van der Waals surface area contributed by atoms with Crippen molar-refractivity contribution in [3.05, 3.63) is 11.6 Å². The van der Waals surface area contributed by atoms with Crippen LogP contribution in [-0.2, 0) is 4.43 Å². The van der Waals surface area contributed by atoms with Gasteiger partial charge in [-0.1, -0.05) is 57.9 Å². The molecule has 0 fully saturated rings. The van der Waals surface area contributed by atoms with Crippen molar-refractivity contribution in [3.63, 3.8) is 0 Å². The Hall–Kier alpha value is -0.0562. The van der Waals surface area contributed by atoms with Crippen molar-refractivity contribution < 1.29 is 9.53 Å². The summed E-state index contributed by atoms with van der Waals surface area (Å²) >= 11 is 5.68. The lowest BCUT2D eigenvalue weighted by Gasteiger charge is -2.39. The summed E-state index contributed by atoms with van der Waals surface area (Å²) in [4.78, 5) is 0. The lowest BCUT2D eigenvalue weighted by Crippen LogP contribution is -2.46. The van der Waals surface area contributed by atoms with Crippen LogP contribution in [0.5, 0.6) is 0 Å². The Labute approximate surface area is 131 Å². The molecule has 1 N–H and O–H groups in total. The first-order chi connectivity index (χ1) is 8.80. The van der Waals surface area contributed by atoms with E-state index in [-0.39, 0.29) is 5.04 Å². The zero-order valence-electron chi connectivity index (χ0n) is 14.0. The molecule has 0 unspecified atom stereocenters. The Kier molecular flexibility index (Phi) is 7.26. The molecule has 0 aromatic carbocycles. The van der Waals surface area contributed by atoms with Crippen molar-refractivity contribution in [2.24, 2.45) is 0 Å². The Balaban J connectivity index is 5.12. The molecule has 0 aliphatic carbocycles. The average Bonchev–Trinajstić information content (AvgIpc) is 2.22. The lowest BCUT2D eigenvalue weighted by molar-refractivity contribution is 0.0937. The van der Waals surface area contributed by atoms with Gasteiger partial charge in [0.25, 0.3) is 0 Å². The van der Waals surface area contributed by atoms with Crippen molar-refractivity contribution in [2.45, 2.75) is 70.8 Å². The molecule has 0 saturated heterocycles. The van der Waals surface area contributed by atoms with E-state index in [2.05, 4.69) is 65.0 Å². The van der Waals surface area contributed by atoms with Crippen LogP contribution in [0.15, 0.2) is 11.6 Å². The summed E-state index contributed by atoms with van der Waals surface area (Å²) in [6.07, 6.45) is 0.397. The van der Waals surface area contributed by atoms with Crippen LogP contribution in [0.1, 0.15) is 20.8 Å². The first-order valence-electron chi connectivity index (χ1n) is 6.95. The molecule has 2 nitrogen and oxygen atoms in total. The number of hydrogen-bond donors (Lipinski definition) is 1. The third kappa shape index (κ3) is 7.10. The van der Waals surface area contributed by atoms with Crippen molar-refractivity contribution >= 4 is 28.0 Å². The lowest BCUT2D eigenvalue weighted by atomic mass is 10.2. The maximum absolute atomic E-state index is 10.3. The minimum Gasteiger partial charge on any atom is -0.407 e. The Morgan fingerprint density at radius 2 is 1.65 bits per heavy atom. The van der Waals surface area contributed by atoms with E-state index >= 15 is 0 Å². The second-order valence-electron chi connectivity index (χ2n) is 7.63. The van der Waals surface area contributed by atoms with Gasteiger partial charge in [0.05, 0.1) is 0 Å². The van der Waals surface area contributed by atoms with Gasteiger partial charge in [0.1, 0.15) is 20.3 Å². The summed E-state index contributed by atoms with van der Waals surface area (Å²) in [5.74, 6) is 2.94. The molecule has 20 heavy (non-hydrogen) atoms. The van der Waals surface area contributed by atoms with Gasteiger partial charge < -0.3 is 9.53 Å². The standard InChI is InChI=1S/C15H29ClO2Si2/c1-15(2,3)20(7,8)18-14(9-11-16)13(17)10-12-19(4,5)6/h9,11,13-14,17H,1-8H3/b11-9+/t13-,14-/m1/s1. The van der Waals surface area contributed by atoms with Gasteiger partial charge in [-0.25, -0.2) is 0 Å². The molecule has 2 atom stereocenters. The SMILES string of the molecule is CC(C)(C)[Si](C)(C)O[C@H](/C=C/Cl)[C@H](O)C#C[Si](C)(C)C. The molecule has 0 spiro atoms. The maximum atomic E-state index is 10.3. The summed E-state index contributed by atoms with van der Waals surface area (Å²) in [6.45, 7) is 17.2. The van der Waals surface area contributed by atoms with Crippen LogP contribution in [0.4, 0.5) is 0 Å². The Bertz CT molecular complexity index is 395. The molecular formula is C15H29ClO2Si2. The molecule has 5 heteroatoms. The minimum atomic E-state index is -1.97. The summed E-state index contributed by atoms with van der Waals surface area (Å²) in [5.41, 5.74) is 4.58. The predicted molar refractivity (Wildman–Crippen MR) is 94.2 cm³/mol. The van der Waals surface area contributed by atoms with Gasteiger partial charge in [0.15, 0.2) is 8.32 Å². The van der Waals surface area contributed by atoms with Gasteiger partial charge in [0.2, 0.25) is 0 Å². The molecule has 0 rings (SSSR count). The van der Waals surface area contributed by atoms with E-state index in [1.807, 2.05) is 0 Å². The molecule has 0 radical (unpaired) electrons. The quantitative estimate of drug-likeness (QED) is 0.611. The van der Waals surface area contributed by atoms with Gasteiger partial charge in [-0.15, -0.1) is 5.54 Å². The third-order valence-corrected chi connectivity index (χ3v) is 8.92. The average molecular weight is 333 g/mol. The van der Waals surface area contributed by atoms with Crippen LogP contribution >= 0.6 is 11.6 Å². The van der Waals surface area contributed by atoms with E-state index in [0.717, 1.165) is 0 Å². The highest BCUT2D eigenvalue weighted by atomic mass is 35.5. The monoisotopic (exact) mass is 332 g/mol. The van der Waals surface area contributed by atoms with Crippen LogP contribution in [0, 0.1) is 11.5 Å². The fourth-order valence-corrected chi connectivity index (χ4v) is 3.14. The summed E-state index contributed by atoms with van der Waals surface area (Å²) in [7, 11) is -3.48. The number of hydrogen-bond acceptors (Lipinski definition) is 2. The van der Waals surface area contributed by atoms with E-state index in [1.54, 1.807) is 6.08 Å². The number of aliphatic hydroxyl groups excluding tert-OH is 1. The molecule has 0 aliphatic heterocycles. The molecule has 0 aliphatic rings. The van der Waals surface area contributed by atoms with Gasteiger partial charge in [-0.3, -0.25) is 0 Å². The number of aliphatic hydroxyl groups is 1. The predicted octanol–water partition coefficient (Wildman–Crippen LogP) is 4.37. The van der Waals surface area contributed by atoms with Crippen LogP contribution in [0.3, 0.4) is 0 Å². The Morgan fingerprint density at radius 1 is 1.15 bits per heavy atom. The summed E-state index contributed by atoms with van der Waals surface area (Å²) in [6, 6.07) is 0. The molecule has 0 saturated carbocycles. The first-order valence-corrected chi connectivity index (χ1v) is 13.8. The largest absolute Gasteiger partial charge is 0.407 e. The number of halogens is 1. The third-order valence-electron chi connectivity index (χ3n) is 3.41. The molecular weight excluding hydrogens is 304 g/mol. The minimum absolute atomic E-state index is 0.0807. The molecule has 0 bridgehead atoms. The second-order valence-corrected chi connectivity index (χ2v) is 17.4. The van der Waals surface area contributed by atoms with Crippen LogP contribution in [0.2, 0.25) is 37.8 Å². The van der Waals surface area contributed by atoms with E-state index in [1.165, 1.54) is 5.54 Å². The molecule has 116 valence electrons. The van der Waals surface area contributed by atoms with Gasteiger partial charge in [-0.2, -0.15) is 0 Å². The normalized spacial score (nSPS) is 16.7. The van der Waals surface area contributed by atoms with Crippen LogP contribution < -0.4 is 0 Å². The van der Waals surface area contributed by atoms with E-state index in [9.17, 15) is 5.11 Å². The van der Waals surface area contributed by atoms with E-state index < -0.39 is 28.6 Å². The molecule has 0 aromatic rings. The topological polar surface area (TPSA) is 29.5 Å². The van der Waals surface area contributed by atoms with Crippen molar-refractivity contribution in [1.82, 2.24) is 0 Å². The molecule has 0 heterocycles. The van der Waals surface area contributed by atoms with Crippen molar-refractivity contribution in [3.8, 4) is 11.5 Å². The van der Waals surface area contributed by atoms with Crippen molar-refractivity contribution in [1.29, 1.82) is 0 Å². The molecule has 0 amide bonds. The second kappa shape index (κ2) is 7.28. The van der Waals surface area contributed by atoms with Gasteiger partial charge in [0, 0.05) is 5.54 Å². The fourth-order valence-electron chi connectivity index (χ4n) is 1.17. The summed E-state index contributed by atoms with van der Waals surface area (Å²) in [5, 5.41) is 10.3. The summed E-state index contributed by atoms with van der Waals surface area (Å²) < 4.78 is 6.20. The zero-order chi connectivity index (χ0) is 16.2. The fraction of sp³-hybridized carbons (Fsp3) is 0.733. The number of rotatable bonds is 4. The highest BCUT2D eigenvalue weighted by Gasteiger charge is 2.39. The Morgan fingerprint density at radius 3 is 2.00 bits per heavy atom. The maximum Gasteiger partial charge on any atom is 0.193 e. The van der Waals surface area contributed by atoms with E-state index in [0.29, 0.717) is 0 Å².